The van der Waals surface area contributed by atoms with Crippen molar-refractivity contribution in [3.63, 3.8) is 0 Å². The van der Waals surface area contributed by atoms with Gasteiger partial charge in [-0.15, -0.1) is 0 Å². The smallest absolute Gasteiger partial charge is 0.395 e. The first kappa shape index (κ1) is 14.2. The minimum atomic E-state index is -4.78. The highest BCUT2D eigenvalue weighted by Crippen LogP contribution is 2.23. The first-order valence-corrected chi connectivity index (χ1v) is 5.63. The van der Waals surface area contributed by atoms with E-state index in [1.54, 1.807) is 0 Å². The van der Waals surface area contributed by atoms with Crippen LogP contribution in [0, 0.1) is 5.92 Å². The lowest BCUT2D eigenvalue weighted by molar-refractivity contribution is -0.187. The summed E-state index contributed by atoms with van der Waals surface area (Å²) in [4.78, 5) is 11.9. The number of likely N-dealkylation sites (tertiary alicyclic amines) is 1. The highest BCUT2D eigenvalue weighted by molar-refractivity contribution is 5.81. The number of alkyl halides is 3. The zero-order valence-electron chi connectivity index (χ0n) is 9.46. The van der Waals surface area contributed by atoms with Crippen molar-refractivity contribution in [1.29, 1.82) is 0 Å². The van der Waals surface area contributed by atoms with Gasteiger partial charge in [-0.05, 0) is 25.3 Å². The minimum Gasteiger partial charge on any atom is -0.395 e. The monoisotopic (exact) mass is 254 g/mol. The number of aliphatic hydroxyl groups is 1. The molecule has 100 valence electrons. The molecule has 0 aliphatic carbocycles. The Hall–Kier alpha value is -0.820. The molecule has 0 spiro atoms. The van der Waals surface area contributed by atoms with Gasteiger partial charge in [-0.1, -0.05) is 0 Å². The second kappa shape index (κ2) is 6.20. The molecule has 1 atom stereocenters. The SMILES string of the molecule is O=C(N1CCCC(CNCCO)C1)C(F)(F)F. The van der Waals surface area contributed by atoms with E-state index in [1.165, 1.54) is 0 Å². The molecule has 0 saturated carbocycles. The lowest BCUT2D eigenvalue weighted by Crippen LogP contribution is -2.48. The molecule has 0 radical (unpaired) electrons. The van der Waals surface area contributed by atoms with Crippen LogP contribution in [0.5, 0.6) is 0 Å². The lowest BCUT2D eigenvalue weighted by atomic mass is 9.98. The summed E-state index contributed by atoms with van der Waals surface area (Å²) in [7, 11) is 0. The summed E-state index contributed by atoms with van der Waals surface area (Å²) < 4.78 is 36.7. The molecular weight excluding hydrogens is 237 g/mol. The lowest BCUT2D eigenvalue weighted by Gasteiger charge is -2.33. The molecule has 1 fully saturated rings. The van der Waals surface area contributed by atoms with Crippen LogP contribution in [0.2, 0.25) is 0 Å². The molecule has 0 aromatic heterocycles. The maximum Gasteiger partial charge on any atom is 0.471 e. The quantitative estimate of drug-likeness (QED) is 0.713. The van der Waals surface area contributed by atoms with Crippen molar-refractivity contribution in [1.82, 2.24) is 10.2 Å². The van der Waals surface area contributed by atoms with Crippen LogP contribution in [0.4, 0.5) is 13.2 Å². The van der Waals surface area contributed by atoms with Gasteiger partial charge in [-0.25, -0.2) is 0 Å². The summed E-state index contributed by atoms with van der Waals surface area (Å²) in [5.74, 6) is -1.72. The first-order valence-electron chi connectivity index (χ1n) is 5.63. The summed E-state index contributed by atoms with van der Waals surface area (Å²) in [6, 6.07) is 0. The van der Waals surface area contributed by atoms with Crippen molar-refractivity contribution < 1.29 is 23.1 Å². The molecule has 1 aliphatic heterocycles. The van der Waals surface area contributed by atoms with Crippen LogP contribution in [0.15, 0.2) is 0 Å². The van der Waals surface area contributed by atoms with Gasteiger partial charge in [-0.3, -0.25) is 4.79 Å². The highest BCUT2D eigenvalue weighted by atomic mass is 19.4. The molecule has 17 heavy (non-hydrogen) atoms. The Morgan fingerprint density at radius 1 is 1.47 bits per heavy atom. The molecule has 1 amide bonds. The number of aliphatic hydroxyl groups excluding tert-OH is 1. The zero-order chi connectivity index (χ0) is 12.9. The maximum absolute atomic E-state index is 12.2. The van der Waals surface area contributed by atoms with E-state index in [1.807, 2.05) is 0 Å². The molecule has 7 heteroatoms. The number of hydrogen-bond donors (Lipinski definition) is 2. The third-order valence-corrected chi connectivity index (χ3v) is 2.77. The van der Waals surface area contributed by atoms with E-state index >= 15 is 0 Å². The van der Waals surface area contributed by atoms with Crippen molar-refractivity contribution in [3.8, 4) is 0 Å². The van der Waals surface area contributed by atoms with Gasteiger partial charge in [0.1, 0.15) is 0 Å². The zero-order valence-corrected chi connectivity index (χ0v) is 9.46. The molecule has 1 heterocycles. The molecule has 0 bridgehead atoms. The number of carbonyl (C=O) groups is 1. The Labute approximate surface area is 97.8 Å². The number of halogens is 3. The van der Waals surface area contributed by atoms with Crippen LogP contribution in [0.25, 0.3) is 0 Å². The number of rotatable bonds is 4. The van der Waals surface area contributed by atoms with Crippen molar-refractivity contribution in [2.24, 2.45) is 5.92 Å². The predicted octanol–water partition coefficient (Wildman–Crippen LogP) is 0.369. The average molecular weight is 254 g/mol. The molecule has 1 unspecified atom stereocenters. The van der Waals surface area contributed by atoms with E-state index in [-0.39, 0.29) is 25.6 Å². The number of piperidine rings is 1. The van der Waals surface area contributed by atoms with Crippen molar-refractivity contribution in [3.05, 3.63) is 0 Å². The van der Waals surface area contributed by atoms with Gasteiger partial charge in [0.25, 0.3) is 0 Å². The fourth-order valence-electron chi connectivity index (χ4n) is 1.98. The fourth-order valence-corrected chi connectivity index (χ4v) is 1.98. The second-order valence-electron chi connectivity index (χ2n) is 4.18. The van der Waals surface area contributed by atoms with E-state index in [2.05, 4.69) is 5.32 Å². The third kappa shape index (κ3) is 4.51. The standard InChI is InChI=1S/C10H17F3N2O2/c11-10(12,13)9(17)15-4-1-2-8(7-15)6-14-3-5-16/h8,14,16H,1-7H2. The highest BCUT2D eigenvalue weighted by Gasteiger charge is 2.43. The van der Waals surface area contributed by atoms with Crippen LogP contribution in [-0.2, 0) is 4.79 Å². The topological polar surface area (TPSA) is 52.6 Å². The Morgan fingerprint density at radius 2 is 2.18 bits per heavy atom. The second-order valence-corrected chi connectivity index (χ2v) is 4.18. The van der Waals surface area contributed by atoms with Crippen LogP contribution in [-0.4, -0.2) is 54.9 Å². The van der Waals surface area contributed by atoms with Gasteiger partial charge in [0.15, 0.2) is 0 Å². The Morgan fingerprint density at radius 3 is 2.76 bits per heavy atom. The van der Waals surface area contributed by atoms with Crippen LogP contribution >= 0.6 is 0 Å². The Kier molecular flexibility index (Phi) is 5.20. The summed E-state index contributed by atoms with van der Waals surface area (Å²) >= 11 is 0. The van der Waals surface area contributed by atoms with Crippen molar-refractivity contribution >= 4 is 5.91 Å². The number of nitrogens with zero attached hydrogens (tertiary/aromatic N) is 1. The van der Waals surface area contributed by atoms with Crippen molar-refractivity contribution in [2.45, 2.75) is 19.0 Å². The average Bonchev–Trinajstić information content (AvgIpc) is 2.28. The first-order chi connectivity index (χ1) is 7.95. The van der Waals surface area contributed by atoms with E-state index in [9.17, 15) is 18.0 Å². The molecule has 0 aromatic rings. The van der Waals surface area contributed by atoms with Crippen LogP contribution in [0.3, 0.4) is 0 Å². The molecule has 4 nitrogen and oxygen atoms in total. The summed E-state index contributed by atoms with van der Waals surface area (Å²) in [5, 5.41) is 11.5. The minimum absolute atomic E-state index is 0.00207. The van der Waals surface area contributed by atoms with Crippen LogP contribution < -0.4 is 5.32 Å². The van der Waals surface area contributed by atoms with E-state index in [0.717, 1.165) is 11.3 Å². The van der Waals surface area contributed by atoms with Crippen molar-refractivity contribution in [2.75, 3.05) is 32.8 Å². The predicted molar refractivity (Wildman–Crippen MR) is 55.3 cm³/mol. The fraction of sp³-hybridized carbons (Fsp3) is 0.900. The molecule has 2 N–H and O–H groups in total. The molecule has 0 aromatic carbocycles. The third-order valence-electron chi connectivity index (χ3n) is 2.77. The summed E-state index contributed by atoms with van der Waals surface area (Å²) in [5.41, 5.74) is 0. The molecule has 1 aliphatic rings. The van der Waals surface area contributed by atoms with Gasteiger partial charge >= 0.3 is 12.1 Å². The van der Waals surface area contributed by atoms with Gasteiger partial charge in [0, 0.05) is 19.6 Å². The molecule has 1 saturated heterocycles. The van der Waals surface area contributed by atoms with Crippen LogP contribution in [0.1, 0.15) is 12.8 Å². The number of hydrogen-bond acceptors (Lipinski definition) is 3. The largest absolute Gasteiger partial charge is 0.471 e. The molecule has 1 rings (SSSR count). The Bertz CT molecular complexity index is 258. The van der Waals surface area contributed by atoms with E-state index in [0.29, 0.717) is 19.5 Å². The Balaban J connectivity index is 2.41. The normalized spacial score (nSPS) is 21.6. The number of nitrogens with one attached hydrogen (secondary N) is 1. The van der Waals surface area contributed by atoms with Gasteiger partial charge in [0.2, 0.25) is 0 Å². The number of amides is 1. The van der Waals surface area contributed by atoms with E-state index in [4.69, 9.17) is 5.11 Å². The van der Waals surface area contributed by atoms with Gasteiger partial charge in [-0.2, -0.15) is 13.2 Å². The maximum atomic E-state index is 12.2. The van der Waals surface area contributed by atoms with Gasteiger partial charge in [0.05, 0.1) is 6.61 Å². The number of carbonyl (C=O) groups excluding carboxylic acids is 1. The molecular formula is C10H17F3N2O2. The van der Waals surface area contributed by atoms with Gasteiger partial charge < -0.3 is 15.3 Å². The summed E-state index contributed by atoms with van der Waals surface area (Å²) in [6.07, 6.45) is -3.38. The van der Waals surface area contributed by atoms with E-state index < -0.39 is 12.1 Å². The summed E-state index contributed by atoms with van der Waals surface area (Å²) in [6.45, 7) is 1.26.